The molecule has 4 rings (SSSR count). The van der Waals surface area contributed by atoms with Crippen LogP contribution in [0.5, 0.6) is 0 Å². The van der Waals surface area contributed by atoms with Crippen LogP contribution in [0.25, 0.3) is 0 Å². The van der Waals surface area contributed by atoms with Crippen molar-refractivity contribution in [3.63, 3.8) is 0 Å². The van der Waals surface area contributed by atoms with Gasteiger partial charge in [-0.1, -0.05) is 0 Å². The fraction of sp³-hybridized carbons (Fsp3) is 0.381. The van der Waals surface area contributed by atoms with E-state index in [-0.39, 0.29) is 12.0 Å². The quantitative estimate of drug-likeness (QED) is 0.596. The van der Waals surface area contributed by atoms with Gasteiger partial charge in [-0.3, -0.25) is 14.5 Å². The predicted octanol–water partition coefficient (Wildman–Crippen LogP) is 2.18. The molecule has 0 aliphatic carbocycles. The second-order valence-electron chi connectivity index (χ2n) is 7.72. The number of carbonyl (C=O) groups is 1. The van der Waals surface area contributed by atoms with Crippen molar-refractivity contribution < 1.29 is 9.53 Å². The minimum Gasteiger partial charge on any atom is -0.350 e. The van der Waals surface area contributed by atoms with E-state index >= 15 is 0 Å². The summed E-state index contributed by atoms with van der Waals surface area (Å²) in [6.07, 6.45) is 6.51. The van der Waals surface area contributed by atoms with Crippen molar-refractivity contribution in [1.29, 1.82) is 0 Å². The van der Waals surface area contributed by atoms with E-state index in [1.54, 1.807) is 24.3 Å². The molecular weight excluding hydrogens is 396 g/mol. The van der Waals surface area contributed by atoms with Crippen molar-refractivity contribution in [3.8, 4) is 0 Å². The SMILES string of the molecule is Cc1nc(NCc2cnn(Cc3ccncc3)c2)nc2c1NC(=O)C(OC(C)C)N2C. The number of nitrogens with zero attached hydrogens (tertiary/aromatic N) is 6. The summed E-state index contributed by atoms with van der Waals surface area (Å²) in [6.45, 7) is 6.83. The number of rotatable bonds is 7. The minimum absolute atomic E-state index is 0.0936. The lowest BCUT2D eigenvalue weighted by atomic mass is 10.2. The zero-order chi connectivity index (χ0) is 22.0. The van der Waals surface area contributed by atoms with Crippen molar-refractivity contribution in [2.45, 2.75) is 46.2 Å². The Kier molecular flexibility index (Phi) is 5.81. The lowest BCUT2D eigenvalue weighted by Gasteiger charge is -2.35. The number of aromatic nitrogens is 5. The van der Waals surface area contributed by atoms with Crippen LogP contribution in [0.15, 0.2) is 36.9 Å². The molecule has 3 aromatic heterocycles. The van der Waals surface area contributed by atoms with Gasteiger partial charge in [-0.05, 0) is 38.5 Å². The van der Waals surface area contributed by atoms with Gasteiger partial charge in [0.1, 0.15) is 5.69 Å². The van der Waals surface area contributed by atoms with Crippen LogP contribution in [0.2, 0.25) is 0 Å². The summed E-state index contributed by atoms with van der Waals surface area (Å²) in [5.74, 6) is 0.871. The summed E-state index contributed by atoms with van der Waals surface area (Å²) >= 11 is 0. The Balaban J connectivity index is 1.46. The molecule has 1 atom stereocenters. The van der Waals surface area contributed by atoms with Crippen LogP contribution in [-0.4, -0.2) is 50.0 Å². The van der Waals surface area contributed by atoms with E-state index in [1.165, 1.54) is 0 Å². The molecule has 1 aliphatic rings. The molecule has 1 amide bonds. The number of carbonyl (C=O) groups excluding carboxylic acids is 1. The second-order valence-corrected chi connectivity index (χ2v) is 7.72. The maximum atomic E-state index is 12.4. The number of ether oxygens (including phenoxy) is 1. The fourth-order valence-corrected chi connectivity index (χ4v) is 3.36. The molecule has 0 radical (unpaired) electrons. The van der Waals surface area contributed by atoms with Crippen LogP contribution in [0.4, 0.5) is 17.5 Å². The van der Waals surface area contributed by atoms with Crippen LogP contribution >= 0.6 is 0 Å². The maximum Gasteiger partial charge on any atom is 0.274 e. The van der Waals surface area contributed by atoms with Crippen LogP contribution < -0.4 is 15.5 Å². The van der Waals surface area contributed by atoms with Crippen molar-refractivity contribution in [2.24, 2.45) is 0 Å². The molecule has 1 unspecified atom stereocenters. The van der Waals surface area contributed by atoms with Gasteiger partial charge in [-0.2, -0.15) is 10.1 Å². The third-order valence-corrected chi connectivity index (χ3v) is 4.86. The van der Waals surface area contributed by atoms with E-state index in [0.29, 0.717) is 36.2 Å². The van der Waals surface area contributed by atoms with E-state index in [1.807, 2.05) is 50.0 Å². The average molecular weight is 422 g/mol. The summed E-state index contributed by atoms with van der Waals surface area (Å²) in [7, 11) is 1.80. The van der Waals surface area contributed by atoms with E-state index in [9.17, 15) is 4.79 Å². The predicted molar refractivity (Wildman–Crippen MR) is 117 cm³/mol. The average Bonchev–Trinajstić information content (AvgIpc) is 3.18. The Labute approximate surface area is 180 Å². The van der Waals surface area contributed by atoms with Gasteiger partial charge < -0.3 is 20.3 Å². The molecular formula is C21H26N8O2. The van der Waals surface area contributed by atoms with E-state index in [2.05, 4.69) is 30.7 Å². The summed E-state index contributed by atoms with van der Waals surface area (Å²) < 4.78 is 7.63. The van der Waals surface area contributed by atoms with E-state index in [4.69, 9.17) is 4.74 Å². The zero-order valence-corrected chi connectivity index (χ0v) is 18.0. The molecule has 0 saturated carbocycles. The number of pyridine rings is 1. The number of amides is 1. The number of fused-ring (bicyclic) bond motifs is 1. The first-order chi connectivity index (χ1) is 14.9. The molecule has 0 aromatic carbocycles. The van der Waals surface area contributed by atoms with Crippen LogP contribution in [0, 0.1) is 6.92 Å². The number of anilines is 3. The summed E-state index contributed by atoms with van der Waals surface area (Å²) in [4.78, 5) is 27.3. The monoisotopic (exact) mass is 422 g/mol. The highest BCUT2D eigenvalue weighted by Crippen LogP contribution is 2.32. The first kappa shape index (κ1) is 20.7. The van der Waals surface area contributed by atoms with E-state index in [0.717, 1.165) is 11.1 Å². The van der Waals surface area contributed by atoms with E-state index < -0.39 is 6.23 Å². The molecule has 0 fully saturated rings. The lowest BCUT2D eigenvalue weighted by molar-refractivity contribution is -0.130. The Morgan fingerprint density at radius 1 is 1.23 bits per heavy atom. The molecule has 0 saturated heterocycles. The molecule has 10 nitrogen and oxygen atoms in total. The van der Waals surface area contributed by atoms with Crippen LogP contribution in [0.1, 0.15) is 30.7 Å². The van der Waals surface area contributed by atoms with Gasteiger partial charge in [-0.25, -0.2) is 4.98 Å². The molecule has 3 aromatic rings. The van der Waals surface area contributed by atoms with Crippen LogP contribution in [0.3, 0.4) is 0 Å². The topological polar surface area (TPSA) is 110 Å². The number of nitrogens with one attached hydrogen (secondary N) is 2. The third kappa shape index (κ3) is 4.64. The van der Waals surface area contributed by atoms with Gasteiger partial charge in [0.15, 0.2) is 5.82 Å². The van der Waals surface area contributed by atoms with Gasteiger partial charge >= 0.3 is 0 Å². The summed E-state index contributed by atoms with van der Waals surface area (Å²) in [6, 6.07) is 3.93. The van der Waals surface area contributed by atoms with Crippen molar-refractivity contribution in [2.75, 3.05) is 22.6 Å². The Morgan fingerprint density at radius 2 is 2.00 bits per heavy atom. The van der Waals surface area contributed by atoms with Crippen molar-refractivity contribution >= 4 is 23.4 Å². The highest BCUT2D eigenvalue weighted by molar-refractivity contribution is 6.02. The summed E-state index contributed by atoms with van der Waals surface area (Å²) in [5.41, 5.74) is 3.43. The Bertz CT molecular complexity index is 1070. The van der Waals surface area contributed by atoms with Crippen molar-refractivity contribution in [1.82, 2.24) is 24.7 Å². The van der Waals surface area contributed by atoms with Gasteiger partial charge in [0.05, 0.1) is 24.5 Å². The standard InChI is InChI=1S/C21H26N8O2/c1-13(2)31-20-19(30)26-17-14(3)25-21(27-18(17)28(20)4)23-9-16-10-24-29(12-16)11-15-5-7-22-8-6-15/h5-8,10,12-13,20H,9,11H2,1-4H3,(H,26,30)(H,23,25,27). The zero-order valence-electron chi connectivity index (χ0n) is 18.0. The van der Waals surface area contributed by atoms with Gasteiger partial charge in [0.2, 0.25) is 12.2 Å². The number of aryl methyl sites for hydroxylation is 1. The number of hydrogen-bond donors (Lipinski definition) is 2. The molecule has 10 heteroatoms. The molecule has 0 bridgehead atoms. The lowest BCUT2D eigenvalue weighted by Crippen LogP contribution is -2.49. The second kappa shape index (κ2) is 8.68. The minimum atomic E-state index is -0.735. The smallest absolute Gasteiger partial charge is 0.274 e. The summed E-state index contributed by atoms with van der Waals surface area (Å²) in [5, 5.41) is 10.5. The van der Waals surface area contributed by atoms with Gasteiger partial charge in [0.25, 0.3) is 5.91 Å². The third-order valence-electron chi connectivity index (χ3n) is 4.86. The van der Waals surface area contributed by atoms with Gasteiger partial charge in [0, 0.05) is 37.7 Å². The first-order valence-corrected chi connectivity index (χ1v) is 10.1. The highest BCUT2D eigenvalue weighted by atomic mass is 16.5. The number of hydrogen-bond acceptors (Lipinski definition) is 8. The molecule has 1 aliphatic heterocycles. The molecule has 2 N–H and O–H groups in total. The number of likely N-dealkylation sites (N-methyl/N-ethyl adjacent to an activating group) is 1. The normalized spacial score (nSPS) is 15.7. The fourth-order valence-electron chi connectivity index (χ4n) is 3.36. The first-order valence-electron chi connectivity index (χ1n) is 10.1. The van der Waals surface area contributed by atoms with Crippen molar-refractivity contribution in [3.05, 3.63) is 53.7 Å². The largest absolute Gasteiger partial charge is 0.350 e. The molecule has 162 valence electrons. The Morgan fingerprint density at radius 3 is 2.74 bits per heavy atom. The molecule has 0 spiro atoms. The van der Waals surface area contributed by atoms with Crippen LogP contribution in [-0.2, 0) is 22.6 Å². The maximum absolute atomic E-state index is 12.4. The molecule has 4 heterocycles. The highest BCUT2D eigenvalue weighted by Gasteiger charge is 2.34. The van der Waals surface area contributed by atoms with Gasteiger partial charge in [-0.15, -0.1) is 0 Å². The Hall–Kier alpha value is -3.53. The molecule has 31 heavy (non-hydrogen) atoms.